The van der Waals surface area contributed by atoms with Gasteiger partial charge in [-0.05, 0) is 32.0 Å². The first-order valence-corrected chi connectivity index (χ1v) is 7.33. The minimum Gasteiger partial charge on any atom is -0.465 e. The van der Waals surface area contributed by atoms with Crippen LogP contribution >= 0.6 is 22.9 Å². The van der Waals surface area contributed by atoms with E-state index in [2.05, 4.69) is 10.3 Å². The number of hydrogen-bond acceptors (Lipinski definition) is 5. The van der Waals surface area contributed by atoms with Gasteiger partial charge in [0.15, 0.2) is 0 Å². The summed E-state index contributed by atoms with van der Waals surface area (Å²) in [5.41, 5.74) is 4.00. The van der Waals surface area contributed by atoms with Crippen molar-refractivity contribution in [1.82, 2.24) is 4.98 Å². The normalized spacial score (nSPS) is 12.0. The molecule has 1 aromatic carbocycles. The van der Waals surface area contributed by atoms with Gasteiger partial charge in [0.05, 0.1) is 34.9 Å². The molecule has 0 aliphatic heterocycles. The second-order valence-electron chi connectivity index (χ2n) is 4.35. The van der Waals surface area contributed by atoms with Gasteiger partial charge < -0.3 is 10.1 Å². The third-order valence-electron chi connectivity index (χ3n) is 2.93. The highest BCUT2D eigenvalue weighted by atomic mass is 35.5. The maximum absolute atomic E-state index is 11.6. The number of benzene rings is 1. The summed E-state index contributed by atoms with van der Waals surface area (Å²) in [6, 6.07) is 5.32. The fourth-order valence-corrected chi connectivity index (χ4v) is 2.93. The van der Waals surface area contributed by atoms with Crippen LogP contribution in [0.3, 0.4) is 0 Å². The van der Waals surface area contributed by atoms with Crippen LogP contribution in [-0.2, 0) is 4.74 Å². The molecule has 106 valence electrons. The number of nitrogens with one attached hydrogen (secondary N) is 1. The van der Waals surface area contributed by atoms with Crippen LogP contribution in [0.4, 0.5) is 5.69 Å². The van der Waals surface area contributed by atoms with E-state index < -0.39 is 5.97 Å². The van der Waals surface area contributed by atoms with Crippen molar-refractivity contribution in [2.75, 3.05) is 12.4 Å². The van der Waals surface area contributed by atoms with Crippen molar-refractivity contribution >= 4 is 34.6 Å². The molecule has 0 saturated carbocycles. The van der Waals surface area contributed by atoms with Gasteiger partial charge in [-0.3, -0.25) is 0 Å². The van der Waals surface area contributed by atoms with Gasteiger partial charge in [0.2, 0.25) is 0 Å². The van der Waals surface area contributed by atoms with Gasteiger partial charge in [-0.15, -0.1) is 11.3 Å². The van der Waals surface area contributed by atoms with E-state index in [1.807, 2.05) is 25.4 Å². The summed E-state index contributed by atoms with van der Waals surface area (Å²) in [5.74, 6) is -0.444. The predicted molar refractivity (Wildman–Crippen MR) is 81.7 cm³/mol. The molecule has 1 atom stereocenters. The van der Waals surface area contributed by atoms with Gasteiger partial charge in [0, 0.05) is 10.6 Å². The molecule has 4 nitrogen and oxygen atoms in total. The molecule has 0 saturated heterocycles. The molecular weight excluding hydrogens is 296 g/mol. The van der Waals surface area contributed by atoms with Gasteiger partial charge in [-0.25, -0.2) is 9.78 Å². The first kappa shape index (κ1) is 14.8. The lowest BCUT2D eigenvalue weighted by Crippen LogP contribution is -2.08. The minimum absolute atomic E-state index is 0.106. The van der Waals surface area contributed by atoms with E-state index in [0.717, 1.165) is 11.4 Å². The Labute approximate surface area is 126 Å². The van der Waals surface area contributed by atoms with E-state index in [1.54, 1.807) is 23.5 Å². The summed E-state index contributed by atoms with van der Waals surface area (Å²) < 4.78 is 4.71. The van der Waals surface area contributed by atoms with Gasteiger partial charge >= 0.3 is 5.97 Å². The number of nitrogens with zero attached hydrogens (tertiary/aromatic N) is 1. The topological polar surface area (TPSA) is 51.2 Å². The Morgan fingerprint density at radius 3 is 2.85 bits per heavy atom. The van der Waals surface area contributed by atoms with Crippen molar-refractivity contribution in [2.45, 2.75) is 19.9 Å². The van der Waals surface area contributed by atoms with E-state index in [4.69, 9.17) is 16.3 Å². The third kappa shape index (κ3) is 3.11. The SMILES string of the molecule is COC(=O)c1cc(NC(C)c2scnc2C)ccc1Cl. The molecule has 0 aliphatic rings. The Balaban J connectivity index is 2.22. The number of anilines is 1. The molecule has 6 heteroatoms. The second kappa shape index (κ2) is 6.24. The van der Waals surface area contributed by atoms with Crippen LogP contribution in [0, 0.1) is 6.92 Å². The number of thiazole rings is 1. The van der Waals surface area contributed by atoms with Crippen LogP contribution in [-0.4, -0.2) is 18.1 Å². The molecule has 0 amide bonds. The van der Waals surface area contributed by atoms with Gasteiger partial charge in [0.25, 0.3) is 0 Å². The van der Waals surface area contributed by atoms with Crippen LogP contribution in [0.1, 0.15) is 33.9 Å². The number of carbonyl (C=O) groups is 1. The van der Waals surface area contributed by atoms with Crippen LogP contribution < -0.4 is 5.32 Å². The van der Waals surface area contributed by atoms with Crippen molar-refractivity contribution in [1.29, 1.82) is 0 Å². The zero-order chi connectivity index (χ0) is 14.7. The molecule has 0 spiro atoms. The molecule has 0 radical (unpaired) electrons. The second-order valence-corrected chi connectivity index (χ2v) is 5.65. The lowest BCUT2D eigenvalue weighted by atomic mass is 10.1. The summed E-state index contributed by atoms with van der Waals surface area (Å²) in [6.45, 7) is 4.03. The first-order chi connectivity index (χ1) is 9.52. The number of ether oxygens (including phenoxy) is 1. The molecule has 0 fully saturated rings. The summed E-state index contributed by atoms with van der Waals surface area (Å²) in [4.78, 5) is 17.0. The van der Waals surface area contributed by atoms with E-state index in [1.165, 1.54) is 12.0 Å². The molecule has 0 aliphatic carbocycles. The average Bonchev–Trinajstić information content (AvgIpc) is 2.86. The number of carbonyl (C=O) groups excluding carboxylic acids is 1. The number of hydrogen-bond donors (Lipinski definition) is 1. The van der Waals surface area contributed by atoms with Gasteiger partial charge in [-0.1, -0.05) is 11.6 Å². The van der Waals surface area contributed by atoms with Crippen LogP contribution in [0.5, 0.6) is 0 Å². The number of aryl methyl sites for hydroxylation is 1. The van der Waals surface area contributed by atoms with Crippen LogP contribution in [0.25, 0.3) is 0 Å². The van der Waals surface area contributed by atoms with Gasteiger partial charge in [0.1, 0.15) is 0 Å². The summed E-state index contributed by atoms with van der Waals surface area (Å²) in [5, 5.41) is 3.71. The summed E-state index contributed by atoms with van der Waals surface area (Å²) in [6.07, 6.45) is 0. The number of esters is 1. The van der Waals surface area contributed by atoms with Crippen molar-refractivity contribution in [2.24, 2.45) is 0 Å². The molecule has 1 heterocycles. The molecule has 1 aromatic heterocycles. The number of halogens is 1. The highest BCUT2D eigenvalue weighted by Crippen LogP contribution is 2.27. The maximum atomic E-state index is 11.6. The minimum atomic E-state index is -0.444. The molecule has 2 aromatic rings. The first-order valence-electron chi connectivity index (χ1n) is 6.07. The zero-order valence-corrected chi connectivity index (χ0v) is 13.0. The lowest BCUT2D eigenvalue weighted by molar-refractivity contribution is 0.0601. The smallest absolute Gasteiger partial charge is 0.339 e. The Morgan fingerprint density at radius 2 is 2.25 bits per heavy atom. The average molecular weight is 311 g/mol. The van der Waals surface area contributed by atoms with E-state index >= 15 is 0 Å². The highest BCUT2D eigenvalue weighted by molar-refractivity contribution is 7.09. The highest BCUT2D eigenvalue weighted by Gasteiger charge is 2.14. The van der Waals surface area contributed by atoms with Gasteiger partial charge in [-0.2, -0.15) is 0 Å². The monoisotopic (exact) mass is 310 g/mol. The Hall–Kier alpha value is -1.59. The molecular formula is C14H15ClN2O2S. The number of rotatable bonds is 4. The fraction of sp³-hybridized carbons (Fsp3) is 0.286. The van der Waals surface area contributed by atoms with Crippen LogP contribution in [0.15, 0.2) is 23.7 Å². The lowest BCUT2D eigenvalue weighted by Gasteiger charge is -2.15. The molecule has 2 rings (SSSR count). The summed E-state index contributed by atoms with van der Waals surface area (Å²) in [7, 11) is 1.34. The predicted octanol–water partition coefficient (Wildman–Crippen LogP) is 4.06. The van der Waals surface area contributed by atoms with Crippen molar-refractivity contribution in [3.8, 4) is 0 Å². The van der Waals surface area contributed by atoms with Crippen molar-refractivity contribution < 1.29 is 9.53 Å². The van der Waals surface area contributed by atoms with Crippen molar-refractivity contribution in [3.05, 3.63) is 44.9 Å². The standard InChI is InChI=1S/C14H15ClN2O2S/c1-8-13(20-7-16-8)9(2)17-10-4-5-12(15)11(6-10)14(18)19-3/h4-7,9,17H,1-3H3. The van der Waals surface area contributed by atoms with E-state index in [9.17, 15) is 4.79 Å². The van der Waals surface area contributed by atoms with Crippen LogP contribution in [0.2, 0.25) is 5.02 Å². The Morgan fingerprint density at radius 1 is 1.50 bits per heavy atom. The zero-order valence-electron chi connectivity index (χ0n) is 11.4. The molecule has 1 N–H and O–H groups in total. The molecule has 1 unspecified atom stereocenters. The molecule has 20 heavy (non-hydrogen) atoms. The van der Waals surface area contributed by atoms with Crippen molar-refractivity contribution in [3.63, 3.8) is 0 Å². The number of methoxy groups -OCH3 is 1. The fourth-order valence-electron chi connectivity index (χ4n) is 1.92. The summed E-state index contributed by atoms with van der Waals surface area (Å²) >= 11 is 7.60. The Bertz CT molecular complexity index is 627. The van der Waals surface area contributed by atoms with E-state index in [0.29, 0.717) is 10.6 Å². The van der Waals surface area contributed by atoms with E-state index in [-0.39, 0.29) is 6.04 Å². The quantitative estimate of drug-likeness (QED) is 0.865. The third-order valence-corrected chi connectivity index (χ3v) is 4.37. The number of aromatic nitrogens is 1. The molecule has 0 bridgehead atoms. The maximum Gasteiger partial charge on any atom is 0.339 e. The largest absolute Gasteiger partial charge is 0.465 e. The Kier molecular flexibility index (Phi) is 4.62.